The molecule has 5 N–H and O–H groups in total. The number of amides is 1. The van der Waals surface area contributed by atoms with Gasteiger partial charge in [-0.25, -0.2) is 15.8 Å². The molecule has 1 saturated carbocycles. The molecule has 0 saturated heterocycles. The molecule has 1 aromatic rings. The molecule has 0 atom stereocenters. The van der Waals surface area contributed by atoms with Crippen molar-refractivity contribution in [1.29, 1.82) is 0 Å². The van der Waals surface area contributed by atoms with E-state index in [0.717, 1.165) is 43.5 Å². The number of nitrogen functional groups attached to an aromatic ring is 1. The van der Waals surface area contributed by atoms with Gasteiger partial charge in [0.2, 0.25) is 5.91 Å². The molecule has 0 aromatic carbocycles. The van der Waals surface area contributed by atoms with Crippen molar-refractivity contribution >= 4 is 17.5 Å². The minimum atomic E-state index is 0.139. The van der Waals surface area contributed by atoms with Crippen molar-refractivity contribution in [2.75, 3.05) is 17.3 Å². The van der Waals surface area contributed by atoms with Crippen LogP contribution in [0.2, 0.25) is 0 Å². The molecule has 0 spiro atoms. The maximum absolute atomic E-state index is 11.6. The lowest BCUT2D eigenvalue weighted by Gasteiger charge is -2.13. The Bertz CT molecular complexity index is 475. The van der Waals surface area contributed by atoms with Gasteiger partial charge in [0, 0.05) is 24.6 Å². The van der Waals surface area contributed by atoms with E-state index >= 15 is 0 Å². The van der Waals surface area contributed by atoms with Gasteiger partial charge in [0.15, 0.2) is 0 Å². The first-order valence-corrected chi connectivity index (χ1v) is 7.58. The number of carbonyl (C=O) groups is 1. The smallest absolute Gasteiger partial charge is 0.220 e. The Kier molecular flexibility index (Phi) is 5.74. The van der Waals surface area contributed by atoms with E-state index in [1.54, 1.807) is 0 Å². The van der Waals surface area contributed by atoms with Crippen LogP contribution < -0.4 is 21.9 Å². The third-order valence-electron chi connectivity index (χ3n) is 3.40. The number of nitrogens with zero attached hydrogens (tertiary/aromatic N) is 2. The van der Waals surface area contributed by atoms with Crippen molar-refractivity contribution < 1.29 is 4.79 Å². The Morgan fingerprint density at radius 2 is 2.14 bits per heavy atom. The summed E-state index contributed by atoms with van der Waals surface area (Å²) in [5.41, 5.74) is 3.59. The lowest BCUT2D eigenvalue weighted by Crippen LogP contribution is -2.25. The van der Waals surface area contributed by atoms with Crippen LogP contribution >= 0.6 is 0 Å². The fraction of sp³-hybridized carbons (Fsp3) is 0.643. The molecule has 21 heavy (non-hydrogen) atoms. The third kappa shape index (κ3) is 4.86. The van der Waals surface area contributed by atoms with Crippen molar-refractivity contribution in [2.45, 2.75) is 51.5 Å². The van der Waals surface area contributed by atoms with Crippen molar-refractivity contribution in [3.8, 4) is 0 Å². The van der Waals surface area contributed by atoms with Crippen LogP contribution in [0.15, 0.2) is 6.33 Å². The summed E-state index contributed by atoms with van der Waals surface area (Å²) in [5.74, 6) is 7.06. The zero-order chi connectivity index (χ0) is 15.1. The zero-order valence-electron chi connectivity index (χ0n) is 12.5. The number of nitrogens with two attached hydrogens (primary N) is 1. The Labute approximate surface area is 125 Å². The number of aromatic nitrogens is 2. The molecule has 7 nitrogen and oxygen atoms in total. The van der Waals surface area contributed by atoms with E-state index in [1.807, 2.05) is 0 Å². The molecule has 7 heteroatoms. The largest absolute Gasteiger partial charge is 0.370 e. The van der Waals surface area contributed by atoms with E-state index in [0.29, 0.717) is 24.8 Å². The Balaban J connectivity index is 1.80. The summed E-state index contributed by atoms with van der Waals surface area (Å²) in [5, 5.41) is 6.25. The van der Waals surface area contributed by atoms with Gasteiger partial charge in [0.25, 0.3) is 0 Å². The molecule has 0 aliphatic heterocycles. The quantitative estimate of drug-likeness (QED) is 0.309. The third-order valence-corrected chi connectivity index (χ3v) is 3.40. The summed E-state index contributed by atoms with van der Waals surface area (Å²) in [6, 6.07) is 0.432. The summed E-state index contributed by atoms with van der Waals surface area (Å²) in [7, 11) is 0. The number of carbonyl (C=O) groups excluding carboxylic acids is 1. The second kappa shape index (κ2) is 7.78. The van der Waals surface area contributed by atoms with Crippen LogP contribution in [0.3, 0.4) is 0 Å². The molecule has 1 heterocycles. The first kappa shape index (κ1) is 15.5. The van der Waals surface area contributed by atoms with Crippen LogP contribution in [0.4, 0.5) is 11.6 Å². The van der Waals surface area contributed by atoms with Gasteiger partial charge < -0.3 is 16.1 Å². The predicted molar refractivity (Wildman–Crippen MR) is 82.7 cm³/mol. The van der Waals surface area contributed by atoms with Crippen LogP contribution in [0.25, 0.3) is 0 Å². The minimum absolute atomic E-state index is 0.139. The van der Waals surface area contributed by atoms with E-state index in [1.165, 1.54) is 6.33 Å². The first-order chi connectivity index (χ1) is 10.2. The van der Waals surface area contributed by atoms with E-state index in [4.69, 9.17) is 5.84 Å². The van der Waals surface area contributed by atoms with Crippen LogP contribution in [0, 0.1) is 0 Å². The average molecular weight is 292 g/mol. The first-order valence-electron chi connectivity index (χ1n) is 7.58. The molecule has 1 aromatic heterocycles. The number of hydrogen-bond acceptors (Lipinski definition) is 6. The van der Waals surface area contributed by atoms with Gasteiger partial charge in [-0.05, 0) is 25.7 Å². The number of anilines is 2. The fourth-order valence-electron chi connectivity index (χ4n) is 2.16. The maximum atomic E-state index is 11.6. The Hall–Kier alpha value is -1.89. The maximum Gasteiger partial charge on any atom is 0.220 e. The molecule has 1 fully saturated rings. The molecule has 116 valence electrons. The SMILES string of the molecule is CCCc1c(NN)ncnc1NCCCC(=O)NC1CC1. The van der Waals surface area contributed by atoms with E-state index in [-0.39, 0.29) is 5.91 Å². The molecular formula is C14H24N6O. The number of hydrazine groups is 1. The van der Waals surface area contributed by atoms with E-state index in [2.05, 4.69) is 33.0 Å². The molecule has 2 rings (SSSR count). The van der Waals surface area contributed by atoms with Crippen molar-refractivity contribution in [1.82, 2.24) is 15.3 Å². The monoisotopic (exact) mass is 292 g/mol. The van der Waals surface area contributed by atoms with Crippen LogP contribution in [0.1, 0.15) is 44.6 Å². The molecule has 0 bridgehead atoms. The van der Waals surface area contributed by atoms with Gasteiger partial charge in [-0.2, -0.15) is 0 Å². The normalized spacial score (nSPS) is 13.8. The standard InChI is InChI=1S/C14H24N6O/c1-2-4-11-13(17-9-18-14(11)20-15)16-8-3-5-12(21)19-10-6-7-10/h9-10H,2-8,15H2,1H3,(H,19,21)(H2,16,17,18,20). The second-order valence-electron chi connectivity index (χ2n) is 5.32. The van der Waals surface area contributed by atoms with Crippen molar-refractivity contribution in [3.63, 3.8) is 0 Å². The van der Waals surface area contributed by atoms with Crippen molar-refractivity contribution in [3.05, 3.63) is 11.9 Å². The number of nitrogens with one attached hydrogen (secondary N) is 3. The molecule has 1 aliphatic carbocycles. The molecular weight excluding hydrogens is 268 g/mol. The Morgan fingerprint density at radius 1 is 1.38 bits per heavy atom. The second-order valence-corrected chi connectivity index (χ2v) is 5.32. The van der Waals surface area contributed by atoms with E-state index in [9.17, 15) is 4.79 Å². The Morgan fingerprint density at radius 3 is 2.81 bits per heavy atom. The van der Waals surface area contributed by atoms with Crippen LogP contribution in [0.5, 0.6) is 0 Å². The topological polar surface area (TPSA) is 105 Å². The van der Waals surface area contributed by atoms with Gasteiger partial charge in [-0.1, -0.05) is 13.3 Å². The zero-order valence-corrected chi connectivity index (χ0v) is 12.5. The summed E-state index contributed by atoms with van der Waals surface area (Å²) in [6.45, 7) is 2.80. The molecule has 0 unspecified atom stereocenters. The number of rotatable bonds is 9. The van der Waals surface area contributed by atoms with Gasteiger partial charge in [0.05, 0.1) is 0 Å². The summed E-state index contributed by atoms with van der Waals surface area (Å²) in [6.07, 6.45) is 6.89. The summed E-state index contributed by atoms with van der Waals surface area (Å²) in [4.78, 5) is 20.0. The lowest BCUT2D eigenvalue weighted by atomic mass is 10.1. The highest BCUT2D eigenvalue weighted by Gasteiger charge is 2.22. The summed E-state index contributed by atoms with van der Waals surface area (Å²) < 4.78 is 0. The van der Waals surface area contributed by atoms with Crippen LogP contribution in [-0.2, 0) is 11.2 Å². The van der Waals surface area contributed by atoms with Gasteiger partial charge in [-0.3, -0.25) is 4.79 Å². The fourth-order valence-corrected chi connectivity index (χ4v) is 2.16. The van der Waals surface area contributed by atoms with Gasteiger partial charge >= 0.3 is 0 Å². The highest BCUT2D eigenvalue weighted by Crippen LogP contribution is 2.21. The van der Waals surface area contributed by atoms with Crippen molar-refractivity contribution in [2.24, 2.45) is 5.84 Å². The average Bonchev–Trinajstić information content (AvgIpc) is 3.29. The van der Waals surface area contributed by atoms with Crippen LogP contribution in [-0.4, -0.2) is 28.5 Å². The minimum Gasteiger partial charge on any atom is -0.370 e. The predicted octanol–water partition coefficient (Wildman–Crippen LogP) is 1.19. The molecule has 0 radical (unpaired) electrons. The molecule has 1 amide bonds. The summed E-state index contributed by atoms with van der Waals surface area (Å²) >= 11 is 0. The molecule has 1 aliphatic rings. The van der Waals surface area contributed by atoms with E-state index < -0.39 is 0 Å². The highest BCUT2D eigenvalue weighted by atomic mass is 16.1. The number of hydrogen-bond donors (Lipinski definition) is 4. The van der Waals surface area contributed by atoms with Gasteiger partial charge in [-0.15, -0.1) is 0 Å². The highest BCUT2D eigenvalue weighted by molar-refractivity contribution is 5.76. The lowest BCUT2D eigenvalue weighted by molar-refractivity contribution is -0.121. The van der Waals surface area contributed by atoms with Gasteiger partial charge in [0.1, 0.15) is 18.0 Å².